The van der Waals surface area contributed by atoms with Crippen molar-refractivity contribution in [1.29, 1.82) is 0 Å². The first kappa shape index (κ1) is 19.8. The minimum absolute atomic E-state index is 0.120. The van der Waals surface area contributed by atoms with Crippen molar-refractivity contribution in [2.45, 2.75) is 12.3 Å². The molecule has 1 aromatic heterocycles. The second-order valence-corrected chi connectivity index (χ2v) is 8.22. The van der Waals surface area contributed by atoms with Crippen molar-refractivity contribution in [1.82, 2.24) is 5.06 Å². The maximum Gasteiger partial charge on any atom is 0.281 e. The van der Waals surface area contributed by atoms with Crippen LogP contribution in [0.25, 0.3) is 16.5 Å². The molecule has 6 heteroatoms. The van der Waals surface area contributed by atoms with E-state index in [1.54, 1.807) is 6.07 Å². The average Bonchev–Trinajstić information content (AvgIpc) is 3.33. The van der Waals surface area contributed by atoms with Gasteiger partial charge in [-0.05, 0) is 41.5 Å². The minimum atomic E-state index is -1.89. The van der Waals surface area contributed by atoms with Crippen LogP contribution in [-0.2, 0) is 22.0 Å². The van der Waals surface area contributed by atoms with E-state index >= 15 is 0 Å². The van der Waals surface area contributed by atoms with Crippen LogP contribution in [0.4, 0.5) is 0 Å². The molecule has 2 heterocycles. The number of rotatable bonds is 5. The molecule has 0 fully saturated rings. The highest BCUT2D eigenvalue weighted by molar-refractivity contribution is 9.10. The molecule has 1 amide bonds. The molecule has 5 rings (SSSR count). The molecule has 0 radical (unpaired) electrons. The summed E-state index contributed by atoms with van der Waals surface area (Å²) in [5, 5.41) is 13.5. The van der Waals surface area contributed by atoms with Gasteiger partial charge in [-0.25, -0.2) is 0 Å². The van der Waals surface area contributed by atoms with Crippen molar-refractivity contribution >= 4 is 38.4 Å². The molecular weight excluding hydrogens is 458 g/mol. The third-order valence-electron chi connectivity index (χ3n) is 5.20. The fourth-order valence-corrected chi connectivity index (χ4v) is 4.05. The SMILES string of the molecule is O=C1C(c2cccc(Br)c2)=CC(O)(c2cc3ccccc3o2)N1OCc1ccccc1. The topological polar surface area (TPSA) is 62.9 Å². The van der Waals surface area contributed by atoms with Gasteiger partial charge in [-0.3, -0.25) is 9.63 Å². The van der Waals surface area contributed by atoms with Crippen LogP contribution >= 0.6 is 15.9 Å². The largest absolute Gasteiger partial charge is 0.455 e. The zero-order chi connectivity index (χ0) is 21.4. The van der Waals surface area contributed by atoms with Crippen LogP contribution in [0, 0.1) is 0 Å². The normalized spacial score (nSPS) is 18.6. The van der Waals surface area contributed by atoms with Gasteiger partial charge in [-0.2, -0.15) is 5.06 Å². The summed E-state index contributed by atoms with van der Waals surface area (Å²) >= 11 is 3.44. The number of amides is 1. The third kappa shape index (κ3) is 3.59. The van der Waals surface area contributed by atoms with Crippen molar-refractivity contribution < 1.29 is 19.2 Å². The average molecular weight is 476 g/mol. The lowest BCUT2D eigenvalue weighted by molar-refractivity contribution is -0.267. The number of carbonyl (C=O) groups is 1. The first-order chi connectivity index (χ1) is 15.0. The summed E-state index contributed by atoms with van der Waals surface area (Å²) in [6, 6.07) is 26.0. The summed E-state index contributed by atoms with van der Waals surface area (Å²) in [6.45, 7) is 0.120. The Morgan fingerprint density at radius 2 is 1.74 bits per heavy atom. The van der Waals surface area contributed by atoms with Crippen molar-refractivity contribution in [2.75, 3.05) is 0 Å². The molecule has 31 heavy (non-hydrogen) atoms. The molecule has 154 valence electrons. The predicted molar refractivity (Wildman–Crippen MR) is 120 cm³/mol. The maximum absolute atomic E-state index is 13.4. The summed E-state index contributed by atoms with van der Waals surface area (Å²) in [4.78, 5) is 19.2. The summed E-state index contributed by atoms with van der Waals surface area (Å²) < 4.78 is 6.74. The molecule has 0 bridgehead atoms. The highest BCUT2D eigenvalue weighted by atomic mass is 79.9. The Kier molecular flexibility index (Phi) is 4.98. The van der Waals surface area contributed by atoms with Crippen molar-refractivity contribution in [3.05, 3.63) is 112 Å². The highest BCUT2D eigenvalue weighted by Gasteiger charge is 2.49. The van der Waals surface area contributed by atoms with E-state index in [2.05, 4.69) is 15.9 Å². The van der Waals surface area contributed by atoms with E-state index in [-0.39, 0.29) is 12.4 Å². The smallest absolute Gasteiger partial charge is 0.281 e. The van der Waals surface area contributed by atoms with Crippen LogP contribution in [0.1, 0.15) is 16.9 Å². The summed E-state index contributed by atoms with van der Waals surface area (Å²) in [5.74, 6) is -0.239. The second-order valence-electron chi connectivity index (χ2n) is 7.30. The number of aliphatic hydroxyl groups is 1. The van der Waals surface area contributed by atoms with Crippen LogP contribution in [0.3, 0.4) is 0 Å². The van der Waals surface area contributed by atoms with Gasteiger partial charge in [-0.15, -0.1) is 0 Å². The maximum atomic E-state index is 13.4. The minimum Gasteiger partial charge on any atom is -0.455 e. The van der Waals surface area contributed by atoms with E-state index < -0.39 is 11.6 Å². The quantitative estimate of drug-likeness (QED) is 0.419. The first-order valence-electron chi connectivity index (χ1n) is 9.76. The number of hydroxylamine groups is 2. The Morgan fingerprint density at radius 1 is 0.968 bits per heavy atom. The van der Waals surface area contributed by atoms with Gasteiger partial charge >= 0.3 is 0 Å². The van der Waals surface area contributed by atoms with Crippen molar-refractivity contribution in [3.63, 3.8) is 0 Å². The number of benzene rings is 3. The van der Waals surface area contributed by atoms with E-state index in [1.807, 2.05) is 78.9 Å². The van der Waals surface area contributed by atoms with Gasteiger partial charge in [0.15, 0.2) is 5.76 Å². The lowest BCUT2D eigenvalue weighted by Crippen LogP contribution is -2.43. The molecule has 4 aromatic rings. The molecule has 1 atom stereocenters. The van der Waals surface area contributed by atoms with Crippen LogP contribution in [0.5, 0.6) is 0 Å². The Morgan fingerprint density at radius 3 is 2.52 bits per heavy atom. The number of para-hydroxylation sites is 1. The molecule has 1 aliphatic heterocycles. The zero-order valence-corrected chi connectivity index (χ0v) is 18.0. The lowest BCUT2D eigenvalue weighted by Gasteiger charge is -2.29. The molecule has 1 N–H and O–H groups in total. The first-order valence-corrected chi connectivity index (χ1v) is 10.6. The monoisotopic (exact) mass is 475 g/mol. The predicted octanol–water partition coefficient (Wildman–Crippen LogP) is 5.40. The van der Waals surface area contributed by atoms with Gasteiger partial charge in [0.05, 0.1) is 5.57 Å². The molecular formula is C25H18BrNO4. The fraction of sp³-hybridized carbons (Fsp3) is 0.0800. The number of nitrogens with zero attached hydrogens (tertiary/aromatic N) is 1. The van der Waals surface area contributed by atoms with Crippen molar-refractivity contribution in [2.24, 2.45) is 0 Å². The highest BCUT2D eigenvalue weighted by Crippen LogP contribution is 2.41. The Bertz CT molecular complexity index is 1260. The van der Waals surface area contributed by atoms with Gasteiger partial charge in [0.1, 0.15) is 12.2 Å². The van der Waals surface area contributed by atoms with Crippen LogP contribution in [0.2, 0.25) is 0 Å². The number of halogens is 1. The van der Waals surface area contributed by atoms with Gasteiger partial charge < -0.3 is 9.52 Å². The van der Waals surface area contributed by atoms with Crippen LogP contribution in [-0.4, -0.2) is 16.1 Å². The van der Waals surface area contributed by atoms with E-state index in [0.29, 0.717) is 16.7 Å². The van der Waals surface area contributed by atoms with Crippen LogP contribution in [0.15, 0.2) is 99.9 Å². The number of furan rings is 1. The van der Waals surface area contributed by atoms with Crippen LogP contribution < -0.4 is 0 Å². The van der Waals surface area contributed by atoms with Gasteiger partial charge in [0.25, 0.3) is 5.91 Å². The molecule has 0 saturated carbocycles. The van der Waals surface area contributed by atoms with Crippen molar-refractivity contribution in [3.8, 4) is 0 Å². The summed E-state index contributed by atoms with van der Waals surface area (Å²) in [5.41, 5.74) is 0.601. The molecule has 0 spiro atoms. The molecule has 0 aliphatic carbocycles. The number of fused-ring (bicyclic) bond motifs is 1. The number of hydrogen-bond acceptors (Lipinski definition) is 4. The lowest BCUT2D eigenvalue weighted by atomic mass is 10.0. The Labute approximate surface area is 187 Å². The van der Waals surface area contributed by atoms with E-state index in [1.165, 1.54) is 6.08 Å². The van der Waals surface area contributed by atoms with Gasteiger partial charge in [0, 0.05) is 9.86 Å². The molecule has 1 aliphatic rings. The summed E-state index contributed by atoms with van der Waals surface area (Å²) in [6.07, 6.45) is 1.49. The Balaban J connectivity index is 1.58. The van der Waals surface area contributed by atoms with E-state index in [9.17, 15) is 9.90 Å². The summed E-state index contributed by atoms with van der Waals surface area (Å²) in [7, 11) is 0. The molecule has 5 nitrogen and oxygen atoms in total. The standard InChI is InChI=1S/C25H18BrNO4/c26-20-11-6-10-18(13-20)21-15-25(29,23-14-19-9-4-5-12-22(19)31-23)27(24(21)28)30-16-17-7-2-1-3-8-17/h1-15,29H,16H2. The number of carbonyl (C=O) groups excluding carboxylic acids is 1. The van der Waals surface area contributed by atoms with Gasteiger partial charge in [0.2, 0.25) is 5.72 Å². The van der Waals surface area contributed by atoms with Gasteiger partial charge in [-0.1, -0.05) is 76.6 Å². The van der Waals surface area contributed by atoms with E-state index in [0.717, 1.165) is 20.5 Å². The molecule has 0 saturated heterocycles. The van der Waals surface area contributed by atoms with E-state index in [4.69, 9.17) is 9.25 Å². The second kappa shape index (κ2) is 7.81. The molecule has 1 unspecified atom stereocenters. The Hall–Kier alpha value is -3.19. The molecule has 3 aromatic carbocycles. The fourth-order valence-electron chi connectivity index (χ4n) is 3.65. The zero-order valence-electron chi connectivity index (χ0n) is 16.4. The third-order valence-corrected chi connectivity index (χ3v) is 5.69. The number of hydrogen-bond donors (Lipinski definition) is 1.